The van der Waals surface area contributed by atoms with Crippen LogP contribution in [-0.2, 0) is 4.74 Å². The minimum absolute atomic E-state index is 0.234. The van der Waals surface area contributed by atoms with Gasteiger partial charge in [-0.25, -0.2) is 4.79 Å². The van der Waals surface area contributed by atoms with Crippen molar-refractivity contribution in [2.75, 3.05) is 6.61 Å². The van der Waals surface area contributed by atoms with Crippen molar-refractivity contribution >= 4 is 5.97 Å². The quantitative estimate of drug-likeness (QED) is 0.745. The molecule has 0 aromatic carbocycles. The predicted octanol–water partition coefficient (Wildman–Crippen LogP) is 3.65. The number of nitrogens with zero attached hydrogens (tertiary/aromatic N) is 1. The van der Waals surface area contributed by atoms with Gasteiger partial charge in [0.25, 0.3) is 0 Å². The summed E-state index contributed by atoms with van der Waals surface area (Å²) in [5, 5.41) is 0. The minimum Gasteiger partial charge on any atom is -0.462 e. The maximum atomic E-state index is 11.9. The minimum atomic E-state index is -0.234. The summed E-state index contributed by atoms with van der Waals surface area (Å²) >= 11 is 0. The lowest BCUT2D eigenvalue weighted by atomic mass is 10.0. The van der Waals surface area contributed by atoms with Gasteiger partial charge in [-0.3, -0.25) is 4.98 Å². The van der Waals surface area contributed by atoms with Crippen molar-refractivity contribution in [3.8, 4) is 0 Å². The van der Waals surface area contributed by atoms with Gasteiger partial charge >= 0.3 is 5.97 Å². The molecule has 0 radical (unpaired) electrons. The van der Waals surface area contributed by atoms with E-state index >= 15 is 0 Å². The van der Waals surface area contributed by atoms with E-state index in [2.05, 4.69) is 13.8 Å². The highest BCUT2D eigenvalue weighted by Crippen LogP contribution is 2.41. The van der Waals surface area contributed by atoms with Crippen molar-refractivity contribution in [1.82, 2.24) is 4.98 Å². The molecule has 3 heteroatoms. The lowest BCUT2D eigenvalue weighted by molar-refractivity contribution is 0.0524. The highest BCUT2D eigenvalue weighted by molar-refractivity contribution is 5.91. The first kappa shape index (κ1) is 13.1. The van der Waals surface area contributed by atoms with Crippen LogP contribution in [0.5, 0.6) is 0 Å². The fourth-order valence-electron chi connectivity index (χ4n) is 2.02. The van der Waals surface area contributed by atoms with Crippen LogP contribution in [-0.4, -0.2) is 17.6 Å². The predicted molar refractivity (Wildman–Crippen MR) is 70.9 cm³/mol. The molecule has 1 saturated carbocycles. The molecule has 1 aromatic rings. The molecular formula is C15H21NO2. The van der Waals surface area contributed by atoms with Gasteiger partial charge in [0.05, 0.1) is 17.9 Å². The smallest absolute Gasteiger partial charge is 0.339 e. The number of carbonyl (C=O) groups excluding carboxylic acids is 1. The molecular weight excluding hydrogens is 226 g/mol. The molecule has 0 N–H and O–H groups in total. The van der Waals surface area contributed by atoms with Crippen LogP contribution >= 0.6 is 0 Å². The van der Waals surface area contributed by atoms with Gasteiger partial charge in [-0.15, -0.1) is 0 Å². The first-order valence-electron chi connectivity index (χ1n) is 6.85. The van der Waals surface area contributed by atoms with E-state index in [4.69, 9.17) is 9.72 Å². The van der Waals surface area contributed by atoms with Crippen LogP contribution < -0.4 is 0 Å². The van der Waals surface area contributed by atoms with Crippen molar-refractivity contribution in [2.45, 2.75) is 51.9 Å². The zero-order valence-electron chi connectivity index (χ0n) is 11.4. The molecule has 1 aliphatic rings. The van der Waals surface area contributed by atoms with Crippen LogP contribution in [0.3, 0.4) is 0 Å². The van der Waals surface area contributed by atoms with E-state index in [0.29, 0.717) is 24.0 Å². The molecule has 0 spiro atoms. The van der Waals surface area contributed by atoms with Gasteiger partial charge in [-0.1, -0.05) is 13.8 Å². The maximum Gasteiger partial charge on any atom is 0.339 e. The number of hydrogen-bond acceptors (Lipinski definition) is 3. The summed E-state index contributed by atoms with van der Waals surface area (Å²) in [5.41, 5.74) is 2.70. The monoisotopic (exact) mass is 247 g/mol. The summed E-state index contributed by atoms with van der Waals surface area (Å²) in [7, 11) is 0. The maximum absolute atomic E-state index is 11.9. The fourth-order valence-corrected chi connectivity index (χ4v) is 2.02. The molecule has 1 aromatic heterocycles. The van der Waals surface area contributed by atoms with E-state index in [-0.39, 0.29) is 5.97 Å². The highest BCUT2D eigenvalue weighted by atomic mass is 16.5. The largest absolute Gasteiger partial charge is 0.462 e. The topological polar surface area (TPSA) is 39.2 Å². The second-order valence-corrected chi connectivity index (χ2v) is 4.97. The van der Waals surface area contributed by atoms with Crippen LogP contribution in [0.25, 0.3) is 0 Å². The molecule has 2 rings (SSSR count). The number of carbonyl (C=O) groups is 1. The summed E-state index contributed by atoms with van der Waals surface area (Å²) in [4.78, 5) is 16.6. The van der Waals surface area contributed by atoms with Gasteiger partial charge in [0.1, 0.15) is 0 Å². The Balaban J connectivity index is 2.32. The Bertz CT molecular complexity index is 438. The molecule has 98 valence electrons. The lowest BCUT2D eigenvalue weighted by Crippen LogP contribution is -2.11. The number of pyridine rings is 1. The van der Waals surface area contributed by atoms with Crippen molar-refractivity contribution < 1.29 is 9.53 Å². The number of hydrogen-bond donors (Lipinski definition) is 0. The summed E-state index contributed by atoms with van der Waals surface area (Å²) in [6, 6.07) is 3.85. The fraction of sp³-hybridized carbons (Fsp3) is 0.600. The van der Waals surface area contributed by atoms with Crippen LogP contribution in [0.4, 0.5) is 0 Å². The third kappa shape index (κ3) is 2.71. The van der Waals surface area contributed by atoms with Gasteiger partial charge < -0.3 is 4.74 Å². The van der Waals surface area contributed by atoms with Gasteiger partial charge in [0, 0.05) is 11.6 Å². The molecule has 0 saturated heterocycles. The second kappa shape index (κ2) is 5.51. The Morgan fingerprint density at radius 1 is 1.44 bits per heavy atom. The number of rotatable bonds is 5. The molecule has 1 heterocycles. The zero-order chi connectivity index (χ0) is 13.1. The van der Waals surface area contributed by atoms with Gasteiger partial charge in [0.15, 0.2) is 0 Å². The van der Waals surface area contributed by atoms with E-state index in [1.165, 1.54) is 0 Å². The molecule has 0 aliphatic heterocycles. The van der Waals surface area contributed by atoms with E-state index in [1.54, 1.807) is 0 Å². The molecule has 3 nitrogen and oxygen atoms in total. The molecule has 1 fully saturated rings. The zero-order valence-corrected chi connectivity index (χ0v) is 11.4. The van der Waals surface area contributed by atoms with Crippen molar-refractivity contribution in [3.63, 3.8) is 0 Å². The Morgan fingerprint density at radius 2 is 2.17 bits per heavy atom. The Hall–Kier alpha value is -1.38. The van der Waals surface area contributed by atoms with Crippen LogP contribution in [0, 0.1) is 0 Å². The molecule has 1 atom stereocenters. The molecule has 0 amide bonds. The number of aromatic nitrogens is 1. The third-order valence-electron chi connectivity index (χ3n) is 3.52. The summed E-state index contributed by atoms with van der Waals surface area (Å²) in [5.74, 6) is 0.676. The van der Waals surface area contributed by atoms with Crippen molar-refractivity contribution in [3.05, 3.63) is 29.1 Å². The van der Waals surface area contributed by atoms with Crippen molar-refractivity contribution in [2.24, 2.45) is 0 Å². The van der Waals surface area contributed by atoms with Gasteiger partial charge in [-0.05, 0) is 44.2 Å². The standard InChI is InChI=1S/C15H21NO2/c1-4-10(3)13-9-8-12(15(17)18-5-2)14(16-13)11-6-7-11/h8-11H,4-7H2,1-3H3. The SMILES string of the molecule is CCOC(=O)c1ccc(C(C)CC)nc1C1CC1. The van der Waals surface area contributed by atoms with E-state index in [0.717, 1.165) is 30.7 Å². The highest BCUT2D eigenvalue weighted by Gasteiger charge is 2.30. The van der Waals surface area contributed by atoms with E-state index in [9.17, 15) is 4.79 Å². The summed E-state index contributed by atoms with van der Waals surface area (Å²) in [6.45, 7) is 6.57. The molecule has 18 heavy (non-hydrogen) atoms. The van der Waals surface area contributed by atoms with Crippen LogP contribution in [0.2, 0.25) is 0 Å². The molecule has 0 bridgehead atoms. The Kier molecular flexibility index (Phi) is 4.00. The molecule has 1 aliphatic carbocycles. The normalized spacial score (nSPS) is 16.4. The number of esters is 1. The van der Waals surface area contributed by atoms with Crippen LogP contribution in [0.15, 0.2) is 12.1 Å². The Labute approximate surface area is 109 Å². The third-order valence-corrected chi connectivity index (χ3v) is 3.52. The summed E-state index contributed by atoms with van der Waals surface area (Å²) in [6.07, 6.45) is 3.35. The summed E-state index contributed by atoms with van der Waals surface area (Å²) < 4.78 is 5.09. The first-order valence-corrected chi connectivity index (χ1v) is 6.85. The lowest BCUT2D eigenvalue weighted by Gasteiger charge is -2.13. The average molecular weight is 247 g/mol. The first-order chi connectivity index (χ1) is 8.67. The van der Waals surface area contributed by atoms with E-state index in [1.807, 2.05) is 19.1 Å². The van der Waals surface area contributed by atoms with Crippen molar-refractivity contribution in [1.29, 1.82) is 0 Å². The van der Waals surface area contributed by atoms with Crippen LogP contribution in [0.1, 0.15) is 73.6 Å². The average Bonchev–Trinajstić information content (AvgIpc) is 3.21. The van der Waals surface area contributed by atoms with E-state index < -0.39 is 0 Å². The molecule has 1 unspecified atom stereocenters. The van der Waals surface area contributed by atoms with Gasteiger partial charge in [-0.2, -0.15) is 0 Å². The van der Waals surface area contributed by atoms with Gasteiger partial charge in [0.2, 0.25) is 0 Å². The second-order valence-electron chi connectivity index (χ2n) is 4.97. The Morgan fingerprint density at radius 3 is 2.72 bits per heavy atom. The number of ether oxygens (including phenoxy) is 1.